The average molecular weight is 362 g/mol. The predicted molar refractivity (Wildman–Crippen MR) is 90.0 cm³/mol. The Bertz CT molecular complexity index is 899. The van der Waals surface area contributed by atoms with Gasteiger partial charge in [0, 0.05) is 31.2 Å². The summed E-state index contributed by atoms with van der Waals surface area (Å²) in [6.07, 6.45) is -2.68. The monoisotopic (exact) mass is 362 g/mol. The molecular formula is C18H17F3N4O. The third-order valence-electron chi connectivity index (χ3n) is 4.51. The first kappa shape index (κ1) is 17.0. The lowest BCUT2D eigenvalue weighted by atomic mass is 10.1. The van der Waals surface area contributed by atoms with Crippen LogP contribution in [0.2, 0.25) is 0 Å². The van der Waals surface area contributed by atoms with Crippen LogP contribution in [0.4, 0.5) is 13.2 Å². The highest BCUT2D eigenvalue weighted by molar-refractivity contribution is 5.85. The summed E-state index contributed by atoms with van der Waals surface area (Å²) in [5, 5.41) is 8.12. The van der Waals surface area contributed by atoms with Gasteiger partial charge in [-0.1, -0.05) is 12.1 Å². The molecule has 3 aromatic rings. The van der Waals surface area contributed by atoms with Crippen molar-refractivity contribution in [3.63, 3.8) is 0 Å². The molecule has 8 heteroatoms. The number of halogens is 3. The molecule has 1 aromatic carbocycles. The van der Waals surface area contributed by atoms with Gasteiger partial charge in [-0.3, -0.25) is 9.47 Å². The van der Waals surface area contributed by atoms with Crippen molar-refractivity contribution in [1.29, 1.82) is 0 Å². The lowest BCUT2D eigenvalue weighted by molar-refractivity contribution is -0.141. The van der Waals surface area contributed by atoms with Crippen LogP contribution in [0.3, 0.4) is 0 Å². The summed E-state index contributed by atoms with van der Waals surface area (Å²) in [5.74, 6) is 0.358. The normalized spacial score (nSPS) is 16.3. The number of ether oxygens (including phenoxy) is 1. The van der Waals surface area contributed by atoms with Crippen LogP contribution in [-0.2, 0) is 17.5 Å². The van der Waals surface area contributed by atoms with Crippen LogP contribution in [0.1, 0.15) is 11.3 Å². The predicted octanol–water partition coefficient (Wildman–Crippen LogP) is 3.27. The molecule has 0 amide bonds. The highest BCUT2D eigenvalue weighted by Crippen LogP contribution is 2.28. The fraction of sp³-hybridized carbons (Fsp3) is 0.333. The third kappa shape index (κ3) is 3.30. The van der Waals surface area contributed by atoms with Crippen LogP contribution in [0.5, 0.6) is 0 Å². The standard InChI is InChI=1S/C18H17F3N4O/c19-18(20,21)16-4-5-17(23-22-16)25-7-6-14-13(2-1-3-15(14)25)12-24-8-10-26-11-9-24/h1-7H,8-12H2. The number of nitrogens with zero attached hydrogens (tertiary/aromatic N) is 4. The number of alkyl halides is 3. The quantitative estimate of drug-likeness (QED) is 0.717. The lowest BCUT2D eigenvalue weighted by Crippen LogP contribution is -2.35. The Morgan fingerprint density at radius 2 is 1.81 bits per heavy atom. The highest BCUT2D eigenvalue weighted by atomic mass is 19.4. The number of hydrogen-bond acceptors (Lipinski definition) is 4. The molecule has 26 heavy (non-hydrogen) atoms. The molecule has 0 radical (unpaired) electrons. The number of fused-ring (bicyclic) bond motifs is 1. The van der Waals surface area contributed by atoms with Gasteiger partial charge in [-0.05, 0) is 29.8 Å². The van der Waals surface area contributed by atoms with E-state index >= 15 is 0 Å². The van der Waals surface area contributed by atoms with Crippen LogP contribution in [-0.4, -0.2) is 46.0 Å². The van der Waals surface area contributed by atoms with Gasteiger partial charge in [-0.2, -0.15) is 13.2 Å². The maximum Gasteiger partial charge on any atom is 0.435 e. The van der Waals surface area contributed by atoms with Crippen molar-refractivity contribution >= 4 is 10.9 Å². The summed E-state index contributed by atoms with van der Waals surface area (Å²) >= 11 is 0. The SMILES string of the molecule is FC(F)(F)c1ccc(-n2ccc3c(CN4CCOCC4)cccc32)nn1. The van der Waals surface area contributed by atoms with Gasteiger partial charge in [0.25, 0.3) is 0 Å². The molecule has 0 aliphatic carbocycles. The second kappa shape index (κ2) is 6.69. The molecule has 4 rings (SSSR count). The fourth-order valence-corrected chi connectivity index (χ4v) is 3.17. The van der Waals surface area contributed by atoms with Gasteiger partial charge in [0.05, 0.1) is 18.7 Å². The van der Waals surface area contributed by atoms with Gasteiger partial charge in [0.2, 0.25) is 0 Å². The average Bonchev–Trinajstić information content (AvgIpc) is 3.07. The minimum atomic E-state index is -4.49. The van der Waals surface area contributed by atoms with E-state index in [1.54, 1.807) is 4.57 Å². The number of morpholine rings is 1. The van der Waals surface area contributed by atoms with Gasteiger partial charge in [-0.15, -0.1) is 10.2 Å². The van der Waals surface area contributed by atoms with E-state index in [9.17, 15) is 13.2 Å². The Labute approximate surface area is 148 Å². The Balaban J connectivity index is 1.66. The van der Waals surface area contributed by atoms with Gasteiger partial charge < -0.3 is 4.74 Å². The molecule has 5 nitrogen and oxygen atoms in total. The Morgan fingerprint density at radius 1 is 1.00 bits per heavy atom. The van der Waals surface area contributed by atoms with E-state index in [-0.39, 0.29) is 0 Å². The molecule has 2 aromatic heterocycles. The smallest absolute Gasteiger partial charge is 0.379 e. The number of rotatable bonds is 3. The molecule has 1 aliphatic heterocycles. The summed E-state index contributed by atoms with van der Waals surface area (Å²) in [5.41, 5.74) is 1.07. The van der Waals surface area contributed by atoms with Gasteiger partial charge in [0.1, 0.15) is 0 Å². The molecule has 0 atom stereocenters. The topological polar surface area (TPSA) is 43.2 Å². The number of benzene rings is 1. The molecule has 1 aliphatic rings. The van der Waals surface area contributed by atoms with E-state index in [1.165, 1.54) is 11.6 Å². The van der Waals surface area contributed by atoms with Gasteiger partial charge in [0.15, 0.2) is 11.5 Å². The summed E-state index contributed by atoms with van der Waals surface area (Å²) in [6, 6.07) is 10.2. The zero-order valence-electron chi connectivity index (χ0n) is 13.9. The second-order valence-electron chi connectivity index (χ2n) is 6.20. The third-order valence-corrected chi connectivity index (χ3v) is 4.51. The van der Waals surface area contributed by atoms with E-state index in [0.717, 1.165) is 49.8 Å². The van der Waals surface area contributed by atoms with Crippen LogP contribution < -0.4 is 0 Å². The van der Waals surface area contributed by atoms with E-state index < -0.39 is 11.9 Å². The van der Waals surface area contributed by atoms with Gasteiger partial charge in [-0.25, -0.2) is 0 Å². The molecule has 0 bridgehead atoms. The van der Waals surface area contributed by atoms with Crippen LogP contribution in [0.25, 0.3) is 16.7 Å². The first-order valence-corrected chi connectivity index (χ1v) is 8.33. The second-order valence-corrected chi connectivity index (χ2v) is 6.20. The molecule has 1 saturated heterocycles. The lowest BCUT2D eigenvalue weighted by Gasteiger charge is -2.26. The zero-order chi connectivity index (χ0) is 18.1. The van der Waals surface area contributed by atoms with E-state index in [4.69, 9.17) is 4.74 Å². The first-order valence-electron chi connectivity index (χ1n) is 8.33. The minimum Gasteiger partial charge on any atom is -0.379 e. The van der Waals surface area contributed by atoms with E-state index in [2.05, 4.69) is 21.2 Å². The fourth-order valence-electron chi connectivity index (χ4n) is 3.17. The molecule has 1 fully saturated rings. The molecule has 0 N–H and O–H groups in total. The molecule has 136 valence electrons. The number of aromatic nitrogens is 3. The van der Waals surface area contributed by atoms with Crippen molar-refractivity contribution in [2.75, 3.05) is 26.3 Å². The molecule has 0 unspecified atom stereocenters. The Morgan fingerprint density at radius 3 is 2.50 bits per heavy atom. The molecular weight excluding hydrogens is 345 g/mol. The van der Waals surface area contributed by atoms with Gasteiger partial charge >= 0.3 is 6.18 Å². The Hall–Kier alpha value is -2.45. The summed E-state index contributed by atoms with van der Waals surface area (Å²) < 4.78 is 45.1. The summed E-state index contributed by atoms with van der Waals surface area (Å²) in [6.45, 7) is 4.06. The van der Waals surface area contributed by atoms with E-state index in [0.29, 0.717) is 5.82 Å². The van der Waals surface area contributed by atoms with Crippen molar-refractivity contribution in [2.45, 2.75) is 12.7 Å². The largest absolute Gasteiger partial charge is 0.435 e. The van der Waals surface area contributed by atoms with Crippen LogP contribution in [0, 0.1) is 0 Å². The molecule has 3 heterocycles. The summed E-state index contributed by atoms with van der Waals surface area (Å²) in [7, 11) is 0. The maximum absolute atomic E-state index is 12.7. The van der Waals surface area contributed by atoms with Crippen molar-refractivity contribution in [2.24, 2.45) is 0 Å². The minimum absolute atomic E-state index is 0.358. The zero-order valence-corrected chi connectivity index (χ0v) is 13.9. The van der Waals surface area contributed by atoms with Crippen LogP contribution in [0.15, 0.2) is 42.6 Å². The highest BCUT2D eigenvalue weighted by Gasteiger charge is 2.33. The first-order chi connectivity index (χ1) is 12.5. The molecule has 0 spiro atoms. The molecule has 0 saturated carbocycles. The maximum atomic E-state index is 12.7. The van der Waals surface area contributed by atoms with Crippen LogP contribution >= 0.6 is 0 Å². The number of hydrogen-bond donors (Lipinski definition) is 0. The van der Waals surface area contributed by atoms with Crippen molar-refractivity contribution in [3.8, 4) is 5.82 Å². The summed E-state index contributed by atoms with van der Waals surface area (Å²) in [4.78, 5) is 2.33. The van der Waals surface area contributed by atoms with Crippen molar-refractivity contribution in [3.05, 3.63) is 53.9 Å². The van der Waals surface area contributed by atoms with E-state index in [1.807, 2.05) is 24.4 Å². The van der Waals surface area contributed by atoms with Crippen molar-refractivity contribution in [1.82, 2.24) is 19.7 Å². The van der Waals surface area contributed by atoms with Crippen molar-refractivity contribution < 1.29 is 17.9 Å². The Kier molecular flexibility index (Phi) is 4.37.